The lowest BCUT2D eigenvalue weighted by Crippen LogP contribution is -2.15. The summed E-state index contributed by atoms with van der Waals surface area (Å²) in [4.78, 5) is 11.5. The van der Waals surface area contributed by atoms with E-state index in [1.54, 1.807) is 26.0 Å². The maximum absolute atomic E-state index is 12.7. The van der Waals surface area contributed by atoms with E-state index in [2.05, 4.69) is 6.58 Å². The van der Waals surface area contributed by atoms with Crippen molar-refractivity contribution < 1.29 is 13.9 Å². The largest absolute Gasteiger partial charge is 0.466 e. The summed E-state index contributed by atoms with van der Waals surface area (Å²) >= 11 is 0. The van der Waals surface area contributed by atoms with Crippen LogP contribution >= 0.6 is 0 Å². The Balaban J connectivity index is 2.78. The molecule has 3 heteroatoms. The van der Waals surface area contributed by atoms with E-state index >= 15 is 0 Å². The molecule has 0 N–H and O–H groups in total. The van der Waals surface area contributed by atoms with E-state index in [1.807, 2.05) is 0 Å². The first kappa shape index (κ1) is 12.4. The number of carbonyl (C=O) groups is 1. The van der Waals surface area contributed by atoms with Gasteiger partial charge in [-0.3, -0.25) is 4.79 Å². The summed E-state index contributed by atoms with van der Waals surface area (Å²) in [7, 11) is 0. The number of carbonyl (C=O) groups excluding carboxylic acids is 1. The maximum Gasteiger partial charge on any atom is 0.313 e. The Kier molecular flexibility index (Phi) is 4.23. The number of hydrogen-bond donors (Lipinski definition) is 0. The molecule has 0 amide bonds. The Hall–Kier alpha value is -1.64. The van der Waals surface area contributed by atoms with Gasteiger partial charge in [-0.2, -0.15) is 0 Å². The van der Waals surface area contributed by atoms with Crippen LogP contribution in [0.15, 0.2) is 30.8 Å². The van der Waals surface area contributed by atoms with E-state index in [0.717, 1.165) is 5.56 Å². The Morgan fingerprint density at radius 2 is 2.00 bits per heavy atom. The summed E-state index contributed by atoms with van der Waals surface area (Å²) < 4.78 is 17.6. The molecule has 0 radical (unpaired) electrons. The van der Waals surface area contributed by atoms with Crippen LogP contribution < -0.4 is 0 Å². The van der Waals surface area contributed by atoms with Crippen molar-refractivity contribution in [3.8, 4) is 0 Å². The fourth-order valence-electron chi connectivity index (χ4n) is 1.32. The molecule has 2 nitrogen and oxygen atoms in total. The highest BCUT2D eigenvalue weighted by Gasteiger charge is 2.18. The SMILES string of the molecule is C=C(c1ccc(F)cc1)C(C)C(=O)OCC. The van der Waals surface area contributed by atoms with Crippen molar-refractivity contribution in [1.29, 1.82) is 0 Å². The Labute approximate surface area is 94.7 Å². The number of ether oxygens (including phenoxy) is 1. The van der Waals surface area contributed by atoms with Crippen LogP contribution in [0.5, 0.6) is 0 Å². The standard InChI is InChI=1S/C13H15FO2/c1-4-16-13(15)10(3)9(2)11-5-7-12(14)8-6-11/h5-8,10H,2,4H2,1,3H3. The summed E-state index contributed by atoms with van der Waals surface area (Å²) in [5.74, 6) is -1.03. The molecule has 1 unspecified atom stereocenters. The lowest BCUT2D eigenvalue weighted by molar-refractivity contribution is -0.145. The minimum atomic E-state index is -0.412. The van der Waals surface area contributed by atoms with E-state index in [1.165, 1.54) is 12.1 Å². The van der Waals surface area contributed by atoms with Crippen molar-refractivity contribution in [3.05, 3.63) is 42.2 Å². The first-order chi connectivity index (χ1) is 7.56. The molecule has 1 rings (SSSR count). The van der Waals surface area contributed by atoms with Gasteiger partial charge in [0.2, 0.25) is 0 Å². The molecule has 0 heterocycles. The van der Waals surface area contributed by atoms with Gasteiger partial charge in [-0.1, -0.05) is 18.7 Å². The zero-order chi connectivity index (χ0) is 12.1. The lowest BCUT2D eigenvalue weighted by atomic mass is 9.95. The van der Waals surface area contributed by atoms with E-state index in [0.29, 0.717) is 12.2 Å². The predicted octanol–water partition coefficient (Wildman–Crippen LogP) is 3.04. The van der Waals surface area contributed by atoms with Crippen LogP contribution in [0.1, 0.15) is 19.4 Å². The van der Waals surface area contributed by atoms with Gasteiger partial charge in [0.1, 0.15) is 5.82 Å². The third-order valence-electron chi connectivity index (χ3n) is 2.38. The average Bonchev–Trinajstić information content (AvgIpc) is 2.28. The maximum atomic E-state index is 12.7. The number of esters is 1. The molecular formula is C13H15FO2. The van der Waals surface area contributed by atoms with Crippen molar-refractivity contribution in [3.63, 3.8) is 0 Å². The Bertz CT molecular complexity index is 381. The summed E-state index contributed by atoms with van der Waals surface area (Å²) in [5.41, 5.74) is 1.39. The van der Waals surface area contributed by atoms with Crippen LogP contribution in [-0.2, 0) is 9.53 Å². The molecule has 1 atom stereocenters. The molecule has 0 saturated carbocycles. The van der Waals surface area contributed by atoms with Gasteiger partial charge >= 0.3 is 5.97 Å². The van der Waals surface area contributed by atoms with Gasteiger partial charge in [0, 0.05) is 0 Å². The Morgan fingerprint density at radius 1 is 1.44 bits per heavy atom. The van der Waals surface area contributed by atoms with Gasteiger partial charge < -0.3 is 4.74 Å². The number of halogens is 1. The summed E-state index contributed by atoms with van der Waals surface area (Å²) in [6.07, 6.45) is 0. The predicted molar refractivity (Wildman–Crippen MR) is 61.2 cm³/mol. The molecule has 0 aromatic heterocycles. The molecule has 1 aromatic rings. The monoisotopic (exact) mass is 222 g/mol. The molecule has 0 spiro atoms. The average molecular weight is 222 g/mol. The van der Waals surface area contributed by atoms with Crippen LogP contribution in [0, 0.1) is 11.7 Å². The zero-order valence-corrected chi connectivity index (χ0v) is 9.50. The lowest BCUT2D eigenvalue weighted by Gasteiger charge is -2.13. The smallest absolute Gasteiger partial charge is 0.313 e. The first-order valence-electron chi connectivity index (χ1n) is 5.17. The molecule has 0 aliphatic rings. The second-order valence-electron chi connectivity index (χ2n) is 3.51. The number of rotatable bonds is 4. The topological polar surface area (TPSA) is 26.3 Å². The van der Waals surface area contributed by atoms with Crippen molar-refractivity contribution >= 4 is 11.5 Å². The highest BCUT2D eigenvalue weighted by atomic mass is 19.1. The van der Waals surface area contributed by atoms with Gasteiger partial charge in [-0.05, 0) is 37.1 Å². The second kappa shape index (κ2) is 5.45. The Morgan fingerprint density at radius 3 is 2.50 bits per heavy atom. The molecule has 0 aliphatic carbocycles. The third-order valence-corrected chi connectivity index (χ3v) is 2.38. The van der Waals surface area contributed by atoms with Gasteiger partial charge in [0.05, 0.1) is 12.5 Å². The molecule has 0 aliphatic heterocycles. The molecule has 1 aromatic carbocycles. The third kappa shape index (κ3) is 2.92. The van der Waals surface area contributed by atoms with Crippen LogP contribution in [0.3, 0.4) is 0 Å². The van der Waals surface area contributed by atoms with E-state index in [9.17, 15) is 9.18 Å². The minimum absolute atomic E-state index is 0.305. The van der Waals surface area contributed by atoms with E-state index < -0.39 is 5.92 Å². The summed E-state index contributed by atoms with van der Waals surface area (Å²) in [6, 6.07) is 5.90. The van der Waals surface area contributed by atoms with Gasteiger partial charge in [0.15, 0.2) is 0 Å². The molecule has 0 fully saturated rings. The van der Waals surface area contributed by atoms with Crippen molar-refractivity contribution in [1.82, 2.24) is 0 Å². The zero-order valence-electron chi connectivity index (χ0n) is 9.50. The molecule has 0 bridgehead atoms. The molecule has 16 heavy (non-hydrogen) atoms. The van der Waals surface area contributed by atoms with Crippen molar-refractivity contribution in [2.75, 3.05) is 6.61 Å². The summed E-state index contributed by atoms with van der Waals surface area (Å²) in [5, 5.41) is 0. The van der Waals surface area contributed by atoms with E-state index in [-0.39, 0.29) is 11.8 Å². The van der Waals surface area contributed by atoms with Gasteiger partial charge in [-0.25, -0.2) is 4.39 Å². The highest BCUT2D eigenvalue weighted by molar-refractivity contribution is 5.87. The normalized spacial score (nSPS) is 11.9. The number of benzene rings is 1. The molecular weight excluding hydrogens is 207 g/mol. The minimum Gasteiger partial charge on any atom is -0.466 e. The van der Waals surface area contributed by atoms with Crippen molar-refractivity contribution in [2.24, 2.45) is 5.92 Å². The van der Waals surface area contributed by atoms with Crippen LogP contribution in [0.25, 0.3) is 5.57 Å². The fourth-order valence-corrected chi connectivity index (χ4v) is 1.32. The highest BCUT2D eigenvalue weighted by Crippen LogP contribution is 2.22. The van der Waals surface area contributed by atoms with Crippen LogP contribution in [0.2, 0.25) is 0 Å². The quantitative estimate of drug-likeness (QED) is 0.732. The van der Waals surface area contributed by atoms with Crippen LogP contribution in [-0.4, -0.2) is 12.6 Å². The first-order valence-corrected chi connectivity index (χ1v) is 5.17. The van der Waals surface area contributed by atoms with Gasteiger partial charge in [-0.15, -0.1) is 0 Å². The van der Waals surface area contributed by atoms with Gasteiger partial charge in [0.25, 0.3) is 0 Å². The summed E-state index contributed by atoms with van der Waals surface area (Å²) in [6.45, 7) is 7.66. The van der Waals surface area contributed by atoms with E-state index in [4.69, 9.17) is 4.74 Å². The van der Waals surface area contributed by atoms with Crippen LogP contribution in [0.4, 0.5) is 4.39 Å². The second-order valence-corrected chi connectivity index (χ2v) is 3.51. The molecule has 86 valence electrons. The fraction of sp³-hybridized carbons (Fsp3) is 0.308. The number of hydrogen-bond acceptors (Lipinski definition) is 2. The van der Waals surface area contributed by atoms with Crippen molar-refractivity contribution in [2.45, 2.75) is 13.8 Å². The molecule has 0 saturated heterocycles.